The van der Waals surface area contributed by atoms with Gasteiger partial charge in [0.05, 0.1) is 29.8 Å². The van der Waals surface area contributed by atoms with Gasteiger partial charge in [0.15, 0.2) is 0 Å². The fourth-order valence-corrected chi connectivity index (χ4v) is 5.22. The molecule has 1 aromatic carbocycles. The van der Waals surface area contributed by atoms with Gasteiger partial charge in [0.1, 0.15) is 5.58 Å². The van der Waals surface area contributed by atoms with Crippen molar-refractivity contribution in [1.29, 1.82) is 0 Å². The largest absolute Gasteiger partial charge is 0.449 e. The molecule has 35 heavy (non-hydrogen) atoms. The summed E-state index contributed by atoms with van der Waals surface area (Å²) < 4.78 is 52.1. The average Bonchev–Trinajstić information content (AvgIpc) is 3.61. The third-order valence-corrected chi connectivity index (χ3v) is 7.46. The number of nitrogens with zero attached hydrogens (tertiary/aromatic N) is 2. The molecule has 1 aliphatic carbocycles. The van der Waals surface area contributed by atoms with Crippen molar-refractivity contribution in [2.24, 2.45) is 5.92 Å². The zero-order valence-corrected chi connectivity index (χ0v) is 21.0. The summed E-state index contributed by atoms with van der Waals surface area (Å²) >= 11 is 6.41. The lowest BCUT2D eigenvalue weighted by Crippen LogP contribution is -2.51. The van der Waals surface area contributed by atoms with E-state index in [1.807, 2.05) is 11.8 Å². The Morgan fingerprint density at radius 2 is 1.77 bits per heavy atom. The molecule has 1 saturated carbocycles. The highest BCUT2D eigenvalue weighted by atomic mass is 35.5. The molecule has 2 aromatic rings. The third kappa shape index (κ3) is 5.02. The smallest absolute Gasteiger partial charge is 0.420 e. The second-order valence-corrected chi connectivity index (χ2v) is 9.86. The number of fused-ring (bicyclic) bond motifs is 1. The van der Waals surface area contributed by atoms with Crippen LogP contribution in [0.3, 0.4) is 0 Å². The first-order valence-corrected chi connectivity index (χ1v) is 12.0. The number of carbonyl (C=O) groups is 2. The molecule has 1 aromatic heterocycles. The van der Waals surface area contributed by atoms with Crippen LogP contribution < -0.4 is 0 Å². The van der Waals surface area contributed by atoms with Crippen molar-refractivity contribution in [3.05, 3.63) is 34.0 Å². The monoisotopic (exact) mass is 532 g/mol. The number of furan rings is 1. The van der Waals surface area contributed by atoms with Crippen molar-refractivity contribution in [3.8, 4) is 0 Å². The summed E-state index contributed by atoms with van der Waals surface area (Å²) in [4.78, 5) is 29.4. The lowest BCUT2D eigenvalue weighted by molar-refractivity contribution is -0.145. The van der Waals surface area contributed by atoms with Crippen molar-refractivity contribution in [3.63, 3.8) is 0 Å². The number of alkyl halides is 3. The Balaban J connectivity index is 0.00000289. The second kappa shape index (κ2) is 9.86. The quantitative estimate of drug-likeness (QED) is 0.545. The van der Waals surface area contributed by atoms with Crippen molar-refractivity contribution in [2.75, 3.05) is 32.8 Å². The molecule has 11 heteroatoms. The van der Waals surface area contributed by atoms with E-state index in [4.69, 9.17) is 20.8 Å². The Morgan fingerprint density at radius 1 is 1.09 bits per heavy atom. The molecule has 0 radical (unpaired) electrons. The summed E-state index contributed by atoms with van der Waals surface area (Å²) in [5.41, 5.74) is -0.744. The summed E-state index contributed by atoms with van der Waals surface area (Å²) in [6.45, 7) is 4.14. The molecule has 2 amide bonds. The molecule has 2 aliphatic heterocycles. The van der Waals surface area contributed by atoms with Crippen LogP contribution >= 0.6 is 25.1 Å². The first-order valence-electron chi connectivity index (χ1n) is 11.7. The molecule has 3 aliphatic rings. The number of rotatable bonds is 3. The van der Waals surface area contributed by atoms with Gasteiger partial charge in [-0.2, -0.15) is 26.7 Å². The fraction of sp³-hybridized carbons (Fsp3) is 0.583. The first kappa shape index (κ1) is 26.2. The number of piperidine rings is 1. The van der Waals surface area contributed by atoms with Crippen LogP contribution in [-0.4, -0.2) is 60.5 Å². The summed E-state index contributed by atoms with van der Waals surface area (Å²) in [5, 5.41) is 0.0291. The summed E-state index contributed by atoms with van der Waals surface area (Å²) in [6.07, 6.45) is -2.00. The maximum Gasteiger partial charge on any atom is 0.420 e. The molecule has 192 valence electrons. The van der Waals surface area contributed by atoms with Crippen LogP contribution in [0.2, 0.25) is 5.02 Å². The van der Waals surface area contributed by atoms with Gasteiger partial charge in [0, 0.05) is 30.9 Å². The molecule has 0 unspecified atom stereocenters. The molecule has 2 saturated heterocycles. The molecule has 3 fully saturated rings. The summed E-state index contributed by atoms with van der Waals surface area (Å²) in [7, 11) is 0. The van der Waals surface area contributed by atoms with Crippen molar-refractivity contribution < 1.29 is 31.9 Å². The van der Waals surface area contributed by atoms with Gasteiger partial charge in [-0.05, 0) is 56.2 Å². The average molecular weight is 533 g/mol. The van der Waals surface area contributed by atoms with Crippen LogP contribution in [0.25, 0.3) is 11.0 Å². The Labute approximate surface area is 213 Å². The van der Waals surface area contributed by atoms with Crippen LogP contribution in [0.15, 0.2) is 16.5 Å². The molecular weight excluding hydrogens is 505 g/mol. The standard InChI is InChI=1S/C24H26ClF3N2O4.H2S/c1-13-12-33-9-8-30(13)22(31)15-4-6-29(7-5-15)23(32)21-19(25)17-10-16(14-2-3-14)11-18(20(17)34-21)24(26,27)28;/h10-11,13-15H,2-9,12H2,1H3;1H2/t13-;/m0./s1. The minimum Gasteiger partial charge on any atom is -0.449 e. The van der Waals surface area contributed by atoms with E-state index in [9.17, 15) is 22.8 Å². The van der Waals surface area contributed by atoms with Crippen molar-refractivity contribution in [2.45, 2.75) is 50.7 Å². The predicted octanol–water partition coefficient (Wildman–Crippen LogP) is 5.19. The van der Waals surface area contributed by atoms with Gasteiger partial charge in [-0.3, -0.25) is 9.59 Å². The minimum atomic E-state index is -4.63. The number of amides is 2. The maximum absolute atomic E-state index is 13.7. The van der Waals surface area contributed by atoms with E-state index in [0.29, 0.717) is 51.3 Å². The lowest BCUT2D eigenvalue weighted by Gasteiger charge is -2.38. The normalized spacial score (nSPS) is 21.8. The van der Waals surface area contributed by atoms with E-state index >= 15 is 0 Å². The van der Waals surface area contributed by atoms with Gasteiger partial charge < -0.3 is 19.0 Å². The van der Waals surface area contributed by atoms with Crippen molar-refractivity contribution in [1.82, 2.24) is 9.80 Å². The fourth-order valence-electron chi connectivity index (χ4n) is 4.96. The van der Waals surface area contributed by atoms with Gasteiger partial charge in [-0.15, -0.1) is 0 Å². The topological polar surface area (TPSA) is 63.0 Å². The van der Waals surface area contributed by atoms with Gasteiger partial charge in [0.2, 0.25) is 11.7 Å². The van der Waals surface area contributed by atoms with Crippen LogP contribution in [0, 0.1) is 5.92 Å². The number of hydrogen-bond donors (Lipinski definition) is 0. The highest BCUT2D eigenvalue weighted by Gasteiger charge is 2.39. The lowest BCUT2D eigenvalue weighted by atomic mass is 9.94. The van der Waals surface area contributed by atoms with E-state index < -0.39 is 23.2 Å². The molecule has 1 atom stereocenters. The maximum atomic E-state index is 13.7. The van der Waals surface area contributed by atoms with Crippen LogP contribution in [-0.2, 0) is 15.7 Å². The van der Waals surface area contributed by atoms with E-state index in [-0.39, 0.29) is 53.4 Å². The Bertz CT molecular complexity index is 1130. The van der Waals surface area contributed by atoms with Crippen molar-refractivity contribution >= 4 is 47.9 Å². The van der Waals surface area contributed by atoms with E-state index in [1.54, 1.807) is 6.07 Å². The highest BCUT2D eigenvalue weighted by molar-refractivity contribution is 7.59. The molecule has 6 nitrogen and oxygen atoms in total. The highest BCUT2D eigenvalue weighted by Crippen LogP contribution is 2.47. The molecule has 0 N–H and O–H groups in total. The van der Waals surface area contributed by atoms with Crippen LogP contribution in [0.1, 0.15) is 60.2 Å². The minimum absolute atomic E-state index is 0. The third-order valence-electron chi connectivity index (χ3n) is 7.08. The molecular formula is C24H28ClF3N2O4S. The van der Waals surface area contributed by atoms with Gasteiger partial charge in [0.25, 0.3) is 5.91 Å². The first-order chi connectivity index (χ1) is 16.1. The Kier molecular flexibility index (Phi) is 7.37. The number of halogens is 4. The van der Waals surface area contributed by atoms with Gasteiger partial charge >= 0.3 is 6.18 Å². The number of ether oxygens (including phenoxy) is 1. The number of carbonyl (C=O) groups excluding carboxylic acids is 2. The molecule has 3 heterocycles. The van der Waals surface area contributed by atoms with Gasteiger partial charge in [-0.25, -0.2) is 0 Å². The number of likely N-dealkylation sites (tertiary alicyclic amines) is 1. The van der Waals surface area contributed by atoms with Gasteiger partial charge in [-0.1, -0.05) is 11.6 Å². The summed E-state index contributed by atoms with van der Waals surface area (Å²) in [6, 6.07) is 2.73. The molecule has 0 bridgehead atoms. The van der Waals surface area contributed by atoms with E-state index in [1.165, 1.54) is 4.90 Å². The second-order valence-electron chi connectivity index (χ2n) is 9.48. The summed E-state index contributed by atoms with van der Waals surface area (Å²) in [5.74, 6) is -0.878. The Hall–Kier alpha value is -1.91. The Morgan fingerprint density at radius 3 is 2.37 bits per heavy atom. The van der Waals surface area contributed by atoms with E-state index in [2.05, 4.69) is 0 Å². The molecule has 5 rings (SSSR count). The molecule has 0 spiro atoms. The number of hydrogen-bond acceptors (Lipinski definition) is 4. The SMILES string of the molecule is C[C@H]1COCCN1C(=O)C1CCN(C(=O)c2oc3c(C(F)(F)F)cc(C4CC4)cc3c2Cl)CC1.S. The zero-order chi connectivity index (χ0) is 24.2. The van der Waals surface area contributed by atoms with Crippen LogP contribution in [0.4, 0.5) is 13.2 Å². The predicted molar refractivity (Wildman–Crippen MR) is 129 cm³/mol. The number of morpholine rings is 1. The van der Waals surface area contributed by atoms with E-state index in [0.717, 1.165) is 18.9 Å². The number of benzene rings is 1. The zero-order valence-electron chi connectivity index (χ0n) is 19.3. The van der Waals surface area contributed by atoms with Crippen LogP contribution in [0.5, 0.6) is 0 Å².